The highest BCUT2D eigenvalue weighted by Crippen LogP contribution is 2.15. The second-order valence-electron chi connectivity index (χ2n) is 5.69. The Morgan fingerprint density at radius 3 is 2.18 bits per heavy atom. The topological polar surface area (TPSA) is 23.8 Å². The van der Waals surface area contributed by atoms with Crippen molar-refractivity contribution in [3.63, 3.8) is 0 Å². The molecule has 0 atom stereocenters. The van der Waals surface area contributed by atoms with Crippen molar-refractivity contribution in [1.82, 2.24) is 0 Å². The van der Waals surface area contributed by atoms with Crippen LogP contribution in [-0.4, -0.2) is 14.1 Å². The monoisotopic (exact) mass is 243 g/mol. The third-order valence-electron chi connectivity index (χ3n) is 3.00. The molecule has 0 aliphatic carbocycles. The van der Waals surface area contributed by atoms with E-state index in [4.69, 9.17) is 5.26 Å². The van der Waals surface area contributed by atoms with Crippen LogP contribution in [-0.2, 0) is 0 Å². The number of nitrogens with zero attached hydrogens (tertiary/aromatic N) is 1. The Morgan fingerprint density at radius 2 is 1.71 bits per heavy atom. The van der Waals surface area contributed by atoms with Crippen LogP contribution < -0.4 is 4.43 Å². The molecule has 0 unspecified atom stereocenters. The Morgan fingerprint density at radius 1 is 1.12 bits per heavy atom. The first-order chi connectivity index (χ1) is 8.02. The van der Waals surface area contributed by atoms with Crippen LogP contribution in [0.3, 0.4) is 0 Å². The minimum absolute atomic E-state index is 0.760. The highest BCUT2D eigenvalue weighted by atomic mass is 27.2. The second kappa shape index (κ2) is 6.85. The quantitative estimate of drug-likeness (QED) is 0.725. The minimum Gasteiger partial charge on any atom is -0.192 e. The molecule has 1 rings (SSSR count). The van der Waals surface area contributed by atoms with E-state index in [1.54, 1.807) is 0 Å². The third kappa shape index (κ3) is 4.95. The summed E-state index contributed by atoms with van der Waals surface area (Å²) in [5, 5.41) is 11.7. The van der Waals surface area contributed by atoms with E-state index in [1.165, 1.54) is 15.0 Å². The van der Waals surface area contributed by atoms with Crippen molar-refractivity contribution < 1.29 is 0 Å². The number of hydrogen-bond donors (Lipinski definition) is 0. The summed E-state index contributed by atoms with van der Waals surface area (Å²) in [6.45, 7) is 9.20. The predicted octanol–water partition coefficient (Wildman–Crippen LogP) is 3.57. The lowest BCUT2D eigenvalue weighted by atomic mass is 10.2. The fourth-order valence-electron chi connectivity index (χ4n) is 2.37. The van der Waals surface area contributed by atoms with Crippen LogP contribution >= 0.6 is 0 Å². The first kappa shape index (κ1) is 14.3. The highest BCUT2D eigenvalue weighted by Gasteiger charge is 2.22. The molecule has 1 aromatic carbocycles. The third-order valence-corrected chi connectivity index (χ3v) is 7.32. The molecule has 1 aromatic rings. The number of nitriles is 1. The maximum atomic E-state index is 8.97. The van der Waals surface area contributed by atoms with Gasteiger partial charge in [0, 0.05) is 0 Å². The fourth-order valence-corrected chi connectivity index (χ4v) is 6.18. The molecular weight excluding hydrogens is 221 g/mol. The largest absolute Gasteiger partial charge is 0.306 e. The SMILES string of the molecule is CC(C)[CH2][Al]([CH2]C(C)C)[c]1cccc(C#N)c1. The summed E-state index contributed by atoms with van der Waals surface area (Å²) >= 11 is -0.901. The molecule has 0 N–H and O–H groups in total. The van der Waals surface area contributed by atoms with E-state index in [1.807, 2.05) is 12.1 Å². The molecule has 0 amide bonds. The van der Waals surface area contributed by atoms with Gasteiger partial charge in [-0.3, -0.25) is 0 Å². The zero-order valence-corrected chi connectivity index (χ0v) is 12.6. The van der Waals surface area contributed by atoms with E-state index in [0.29, 0.717) is 0 Å². The molecular formula is C15H22AlN. The second-order valence-corrected chi connectivity index (χ2v) is 8.70. The van der Waals surface area contributed by atoms with Gasteiger partial charge in [0.2, 0.25) is 0 Å². The number of rotatable bonds is 5. The lowest BCUT2D eigenvalue weighted by Crippen LogP contribution is -2.32. The molecule has 0 bridgehead atoms. The molecule has 90 valence electrons. The van der Waals surface area contributed by atoms with Gasteiger partial charge in [-0.15, -0.1) is 4.43 Å². The first-order valence-corrected chi connectivity index (χ1v) is 8.74. The van der Waals surface area contributed by atoms with Gasteiger partial charge in [-0.2, -0.15) is 5.26 Å². The van der Waals surface area contributed by atoms with Gasteiger partial charge in [0.15, 0.2) is 0 Å². The standard InChI is InChI=1S/C7H4N.2C4H9.Al/c8-6-7-4-2-1-3-5-7;2*1-4(2)3;/h1-2,4-5H;2*4H,1H2,2-3H3;. The molecule has 0 spiro atoms. The number of benzene rings is 1. The molecule has 0 aliphatic heterocycles. The van der Waals surface area contributed by atoms with Gasteiger partial charge < -0.3 is 0 Å². The fraction of sp³-hybridized carbons (Fsp3) is 0.533. The van der Waals surface area contributed by atoms with Crippen molar-refractivity contribution in [2.45, 2.75) is 38.3 Å². The average Bonchev–Trinajstić information content (AvgIpc) is 2.27. The van der Waals surface area contributed by atoms with Crippen molar-refractivity contribution in [3.8, 4) is 6.07 Å². The normalized spacial score (nSPS) is 10.6. The number of hydrogen-bond acceptors (Lipinski definition) is 1. The summed E-state index contributed by atoms with van der Waals surface area (Å²) in [4.78, 5) is 0. The van der Waals surface area contributed by atoms with E-state index in [0.717, 1.165) is 17.4 Å². The summed E-state index contributed by atoms with van der Waals surface area (Å²) in [7, 11) is 0. The van der Waals surface area contributed by atoms with E-state index >= 15 is 0 Å². The summed E-state index contributed by atoms with van der Waals surface area (Å²) in [5.41, 5.74) is 0.813. The maximum absolute atomic E-state index is 8.97. The average molecular weight is 243 g/mol. The van der Waals surface area contributed by atoms with E-state index in [2.05, 4.69) is 45.9 Å². The van der Waals surface area contributed by atoms with Crippen LogP contribution in [0.2, 0.25) is 10.6 Å². The summed E-state index contributed by atoms with van der Waals surface area (Å²) in [6, 6.07) is 10.5. The zero-order valence-electron chi connectivity index (χ0n) is 11.4. The molecule has 0 fully saturated rings. The molecule has 17 heavy (non-hydrogen) atoms. The Balaban J connectivity index is 2.91. The summed E-state index contributed by atoms with van der Waals surface area (Å²) in [6.07, 6.45) is 0. The molecule has 0 saturated carbocycles. The zero-order chi connectivity index (χ0) is 12.8. The van der Waals surface area contributed by atoms with Crippen molar-refractivity contribution in [2.75, 3.05) is 0 Å². The molecule has 1 nitrogen and oxygen atoms in total. The molecule has 0 heterocycles. The Kier molecular flexibility index (Phi) is 5.77. The van der Waals surface area contributed by atoms with Crippen LogP contribution in [0.1, 0.15) is 33.3 Å². The Labute approximate surface area is 110 Å². The highest BCUT2D eigenvalue weighted by molar-refractivity contribution is 6.73. The van der Waals surface area contributed by atoms with E-state index in [9.17, 15) is 0 Å². The van der Waals surface area contributed by atoms with Crippen LogP contribution in [0.5, 0.6) is 0 Å². The van der Waals surface area contributed by atoms with E-state index < -0.39 is 14.1 Å². The maximum Gasteiger partial charge on any atom is 0.306 e. The van der Waals surface area contributed by atoms with Gasteiger partial charge in [-0.05, 0) is 6.07 Å². The minimum atomic E-state index is -0.901. The Bertz CT molecular complexity index is 380. The first-order valence-electron chi connectivity index (χ1n) is 6.53. The van der Waals surface area contributed by atoms with Gasteiger partial charge in [0.1, 0.15) is 0 Å². The van der Waals surface area contributed by atoms with E-state index in [-0.39, 0.29) is 0 Å². The molecule has 0 saturated heterocycles. The molecule has 0 radical (unpaired) electrons. The van der Waals surface area contributed by atoms with Crippen LogP contribution in [0.15, 0.2) is 24.3 Å². The lowest BCUT2D eigenvalue weighted by Gasteiger charge is -2.17. The predicted molar refractivity (Wildman–Crippen MR) is 75.8 cm³/mol. The summed E-state index contributed by atoms with van der Waals surface area (Å²) < 4.78 is 1.46. The van der Waals surface area contributed by atoms with Crippen molar-refractivity contribution in [2.24, 2.45) is 11.8 Å². The van der Waals surface area contributed by atoms with Crippen molar-refractivity contribution in [1.29, 1.82) is 5.26 Å². The van der Waals surface area contributed by atoms with Gasteiger partial charge in [0.25, 0.3) is 0 Å². The Hall–Kier alpha value is -0.758. The molecule has 0 aromatic heterocycles. The summed E-state index contributed by atoms with van der Waals surface area (Å²) in [5.74, 6) is 1.52. The van der Waals surface area contributed by atoms with Gasteiger partial charge >= 0.3 is 14.1 Å². The smallest absolute Gasteiger partial charge is 0.192 e. The van der Waals surface area contributed by atoms with Crippen molar-refractivity contribution >= 4 is 18.6 Å². The van der Waals surface area contributed by atoms with Crippen LogP contribution in [0.25, 0.3) is 0 Å². The molecule has 2 heteroatoms. The van der Waals surface area contributed by atoms with Crippen LogP contribution in [0.4, 0.5) is 0 Å². The van der Waals surface area contributed by atoms with Gasteiger partial charge in [0.05, 0.1) is 11.6 Å². The lowest BCUT2D eigenvalue weighted by molar-refractivity contribution is 0.694. The molecule has 0 aliphatic rings. The van der Waals surface area contributed by atoms with Gasteiger partial charge in [-0.25, -0.2) is 0 Å². The van der Waals surface area contributed by atoms with Crippen molar-refractivity contribution in [3.05, 3.63) is 29.8 Å². The van der Waals surface area contributed by atoms with Gasteiger partial charge in [-0.1, -0.05) is 68.3 Å². The van der Waals surface area contributed by atoms with Crippen LogP contribution in [0, 0.1) is 23.2 Å².